The summed E-state index contributed by atoms with van der Waals surface area (Å²) in [5.41, 5.74) is 3.48. The number of ether oxygens (including phenoxy) is 1. The fourth-order valence-electron chi connectivity index (χ4n) is 4.03. The number of hydrogen-bond acceptors (Lipinski definition) is 5. The number of carbonyl (C=O) groups is 1. The van der Waals surface area contributed by atoms with Crippen molar-refractivity contribution in [2.75, 3.05) is 34.3 Å². The maximum absolute atomic E-state index is 13.6. The van der Waals surface area contributed by atoms with E-state index in [0.29, 0.717) is 35.4 Å². The maximum Gasteiger partial charge on any atom is 0.290 e. The number of para-hydroxylation sites is 1. The highest BCUT2D eigenvalue weighted by Crippen LogP contribution is 2.41. The van der Waals surface area contributed by atoms with Crippen molar-refractivity contribution in [2.24, 2.45) is 0 Å². The molecule has 2 heterocycles. The van der Waals surface area contributed by atoms with Gasteiger partial charge in [0.1, 0.15) is 11.3 Å². The van der Waals surface area contributed by atoms with Gasteiger partial charge < -0.3 is 19.0 Å². The molecule has 1 aliphatic heterocycles. The summed E-state index contributed by atoms with van der Waals surface area (Å²) in [5, 5.41) is 0.499. The highest BCUT2D eigenvalue weighted by Gasteiger charge is 2.43. The van der Waals surface area contributed by atoms with E-state index in [0.717, 1.165) is 16.7 Å². The van der Waals surface area contributed by atoms with E-state index in [-0.39, 0.29) is 17.1 Å². The summed E-state index contributed by atoms with van der Waals surface area (Å²) in [7, 11) is 5.50. The van der Waals surface area contributed by atoms with E-state index >= 15 is 0 Å². The fraction of sp³-hybridized carbons (Fsp3) is 0.333. The number of rotatable bonds is 5. The SMILES string of the molecule is COc1ccccc1[C@@H]1c2c(oc3cc(C)c(C)cc3c2=O)C(=O)N1CCN(C)C. The Morgan fingerprint density at radius 3 is 2.50 bits per heavy atom. The van der Waals surface area contributed by atoms with Gasteiger partial charge >= 0.3 is 0 Å². The van der Waals surface area contributed by atoms with Gasteiger partial charge in [-0.25, -0.2) is 0 Å². The van der Waals surface area contributed by atoms with Crippen LogP contribution in [-0.2, 0) is 0 Å². The maximum atomic E-state index is 13.6. The van der Waals surface area contributed by atoms with Crippen molar-refractivity contribution in [3.63, 3.8) is 0 Å². The molecule has 0 saturated heterocycles. The smallest absolute Gasteiger partial charge is 0.290 e. The molecular weight excluding hydrogens is 380 g/mol. The molecule has 2 aromatic carbocycles. The summed E-state index contributed by atoms with van der Waals surface area (Å²) < 4.78 is 11.6. The lowest BCUT2D eigenvalue weighted by Crippen LogP contribution is -2.35. The lowest BCUT2D eigenvalue weighted by Gasteiger charge is -2.27. The zero-order chi connectivity index (χ0) is 21.6. The van der Waals surface area contributed by atoms with Crippen LogP contribution in [0.4, 0.5) is 0 Å². The molecule has 0 aliphatic carbocycles. The third-order valence-corrected chi connectivity index (χ3v) is 5.80. The molecule has 0 spiro atoms. The lowest BCUT2D eigenvalue weighted by molar-refractivity contribution is 0.0715. The summed E-state index contributed by atoms with van der Waals surface area (Å²) in [6.45, 7) is 5.06. The molecule has 1 atom stereocenters. The van der Waals surface area contributed by atoms with E-state index in [1.54, 1.807) is 12.0 Å². The molecule has 4 rings (SSSR count). The molecule has 0 radical (unpaired) electrons. The van der Waals surface area contributed by atoms with Crippen molar-refractivity contribution < 1.29 is 13.9 Å². The minimum absolute atomic E-state index is 0.130. The molecule has 3 aromatic rings. The average molecular weight is 406 g/mol. The first-order valence-corrected chi connectivity index (χ1v) is 10.00. The predicted molar refractivity (Wildman–Crippen MR) is 116 cm³/mol. The van der Waals surface area contributed by atoms with Crippen LogP contribution >= 0.6 is 0 Å². The van der Waals surface area contributed by atoms with Crippen LogP contribution in [0.1, 0.15) is 38.9 Å². The standard InChI is InChI=1S/C24H26N2O4/c1-14-12-17-19(13-15(14)2)30-23-20(22(17)27)21(16-8-6-7-9-18(16)29-5)26(24(23)28)11-10-25(3)4/h6-9,12-13,21H,10-11H2,1-5H3/t21-/m1/s1. The third-order valence-electron chi connectivity index (χ3n) is 5.80. The van der Waals surface area contributed by atoms with Crippen LogP contribution in [0.2, 0.25) is 0 Å². The molecule has 0 N–H and O–H groups in total. The Labute approximate surface area is 175 Å². The quantitative estimate of drug-likeness (QED) is 0.649. The van der Waals surface area contributed by atoms with Crippen molar-refractivity contribution in [1.82, 2.24) is 9.80 Å². The molecule has 156 valence electrons. The second-order valence-electron chi connectivity index (χ2n) is 8.05. The topological polar surface area (TPSA) is 63.0 Å². The van der Waals surface area contributed by atoms with E-state index in [1.807, 2.05) is 69.2 Å². The van der Waals surface area contributed by atoms with Gasteiger partial charge in [0.05, 0.1) is 24.1 Å². The third kappa shape index (κ3) is 3.17. The van der Waals surface area contributed by atoms with Crippen molar-refractivity contribution in [2.45, 2.75) is 19.9 Å². The molecule has 6 heteroatoms. The Morgan fingerprint density at radius 1 is 1.10 bits per heavy atom. The summed E-state index contributed by atoms with van der Waals surface area (Å²) in [4.78, 5) is 30.7. The number of amides is 1. The van der Waals surface area contributed by atoms with Gasteiger partial charge in [0.2, 0.25) is 5.76 Å². The second kappa shape index (κ2) is 7.61. The minimum atomic E-state index is -0.550. The van der Waals surface area contributed by atoms with Gasteiger partial charge in [-0.1, -0.05) is 18.2 Å². The van der Waals surface area contributed by atoms with Gasteiger partial charge in [-0.05, 0) is 57.3 Å². The number of likely N-dealkylation sites (N-methyl/N-ethyl adjacent to an activating group) is 1. The first kappa shape index (κ1) is 20.2. The molecule has 1 amide bonds. The van der Waals surface area contributed by atoms with Crippen LogP contribution < -0.4 is 10.2 Å². The van der Waals surface area contributed by atoms with E-state index in [9.17, 15) is 9.59 Å². The predicted octanol–water partition coefficient (Wildman–Crippen LogP) is 3.53. The van der Waals surface area contributed by atoms with Crippen LogP contribution in [0.15, 0.2) is 45.6 Å². The van der Waals surface area contributed by atoms with Gasteiger partial charge in [-0.3, -0.25) is 9.59 Å². The Hall–Kier alpha value is -3.12. The number of nitrogens with zero attached hydrogens (tertiary/aromatic N) is 2. The molecule has 1 aliphatic rings. The zero-order valence-electron chi connectivity index (χ0n) is 18.0. The molecule has 1 aromatic heterocycles. The molecule has 6 nitrogen and oxygen atoms in total. The normalized spacial score (nSPS) is 15.9. The Morgan fingerprint density at radius 2 is 1.80 bits per heavy atom. The van der Waals surface area contributed by atoms with E-state index in [4.69, 9.17) is 9.15 Å². The Bertz CT molecular complexity index is 1200. The Kier molecular flexibility index (Phi) is 5.12. The molecule has 30 heavy (non-hydrogen) atoms. The number of methoxy groups -OCH3 is 1. The van der Waals surface area contributed by atoms with Crippen LogP contribution in [0, 0.1) is 13.8 Å². The number of hydrogen-bond donors (Lipinski definition) is 0. The molecule has 0 saturated carbocycles. The van der Waals surface area contributed by atoms with Gasteiger partial charge in [0, 0.05) is 18.7 Å². The summed E-state index contributed by atoms with van der Waals surface area (Å²) in [5.74, 6) is 0.503. The summed E-state index contributed by atoms with van der Waals surface area (Å²) >= 11 is 0. The largest absolute Gasteiger partial charge is 0.496 e. The van der Waals surface area contributed by atoms with Crippen LogP contribution in [-0.4, -0.2) is 50.0 Å². The van der Waals surface area contributed by atoms with Crippen molar-refractivity contribution in [3.8, 4) is 5.75 Å². The van der Waals surface area contributed by atoms with Crippen LogP contribution in [0.25, 0.3) is 11.0 Å². The van der Waals surface area contributed by atoms with E-state index in [2.05, 4.69) is 0 Å². The molecule has 0 bridgehead atoms. The van der Waals surface area contributed by atoms with Gasteiger partial charge in [-0.15, -0.1) is 0 Å². The van der Waals surface area contributed by atoms with Crippen molar-refractivity contribution >= 4 is 16.9 Å². The van der Waals surface area contributed by atoms with E-state index in [1.165, 1.54) is 0 Å². The zero-order valence-corrected chi connectivity index (χ0v) is 18.0. The van der Waals surface area contributed by atoms with E-state index < -0.39 is 6.04 Å². The Balaban J connectivity index is 1.99. The summed E-state index contributed by atoms with van der Waals surface area (Å²) in [6.07, 6.45) is 0. The van der Waals surface area contributed by atoms with Crippen molar-refractivity contribution in [1.29, 1.82) is 0 Å². The van der Waals surface area contributed by atoms with Crippen LogP contribution in [0.3, 0.4) is 0 Å². The average Bonchev–Trinajstić information content (AvgIpc) is 3.00. The van der Waals surface area contributed by atoms with Crippen LogP contribution in [0.5, 0.6) is 5.75 Å². The lowest BCUT2D eigenvalue weighted by atomic mass is 9.96. The van der Waals surface area contributed by atoms with Gasteiger partial charge in [0.15, 0.2) is 5.43 Å². The highest BCUT2D eigenvalue weighted by atomic mass is 16.5. The summed E-state index contributed by atoms with van der Waals surface area (Å²) in [6, 6.07) is 10.6. The fourth-order valence-corrected chi connectivity index (χ4v) is 4.03. The molecule has 0 fully saturated rings. The number of carbonyl (C=O) groups excluding carboxylic acids is 1. The molecular formula is C24H26N2O4. The molecule has 0 unspecified atom stereocenters. The monoisotopic (exact) mass is 406 g/mol. The van der Waals surface area contributed by atoms with Gasteiger partial charge in [-0.2, -0.15) is 0 Å². The number of benzene rings is 2. The second-order valence-corrected chi connectivity index (χ2v) is 8.05. The first-order chi connectivity index (χ1) is 14.3. The first-order valence-electron chi connectivity index (χ1n) is 10.00. The number of aryl methyl sites for hydroxylation is 2. The van der Waals surface area contributed by atoms with Crippen molar-refractivity contribution in [3.05, 3.63) is 74.6 Å². The van der Waals surface area contributed by atoms with Gasteiger partial charge in [0.25, 0.3) is 5.91 Å². The highest BCUT2D eigenvalue weighted by molar-refractivity contribution is 5.99. The number of fused-ring (bicyclic) bond motifs is 2. The minimum Gasteiger partial charge on any atom is -0.496 e.